The summed E-state index contributed by atoms with van der Waals surface area (Å²) in [7, 11) is 1.60. The van der Waals surface area contributed by atoms with Gasteiger partial charge in [-0.25, -0.2) is 5.43 Å². The summed E-state index contributed by atoms with van der Waals surface area (Å²) in [6, 6.07) is 16.2. The van der Waals surface area contributed by atoms with E-state index in [9.17, 15) is 4.79 Å². The standard InChI is InChI=1S/C23H18Br2Cl2N2O3/c1-31-18-6-2-14(3-7-18)10-22(30)29-28-12-15-8-19(24)23(20(25)9-15)32-13-16-4-5-17(26)11-21(16)27/h2-9,11-12H,10,13H2,1H3,(H,29,30)/b28-12-. The van der Waals surface area contributed by atoms with Crippen LogP contribution in [0.4, 0.5) is 0 Å². The smallest absolute Gasteiger partial charge is 0.244 e. The first kappa shape index (κ1) is 24.6. The predicted octanol–water partition coefficient (Wildman–Crippen LogP) is 6.80. The summed E-state index contributed by atoms with van der Waals surface area (Å²) < 4.78 is 12.5. The van der Waals surface area contributed by atoms with Gasteiger partial charge in [0.15, 0.2) is 0 Å². The molecule has 0 saturated heterocycles. The number of amides is 1. The SMILES string of the molecule is COc1ccc(CC(=O)N/N=C\c2cc(Br)c(OCc3ccc(Cl)cc3Cl)c(Br)c2)cc1. The molecule has 0 spiro atoms. The van der Waals surface area contributed by atoms with Gasteiger partial charge in [-0.05, 0) is 79.4 Å². The van der Waals surface area contributed by atoms with Crippen molar-refractivity contribution in [2.24, 2.45) is 5.10 Å². The molecule has 0 aromatic heterocycles. The van der Waals surface area contributed by atoms with Crippen LogP contribution >= 0.6 is 55.1 Å². The number of methoxy groups -OCH3 is 1. The van der Waals surface area contributed by atoms with Gasteiger partial charge in [-0.3, -0.25) is 4.79 Å². The molecule has 0 fully saturated rings. The normalized spacial score (nSPS) is 10.9. The Morgan fingerprint density at radius 3 is 2.38 bits per heavy atom. The van der Waals surface area contributed by atoms with Crippen LogP contribution in [0.25, 0.3) is 0 Å². The molecule has 3 aromatic rings. The summed E-state index contributed by atoms with van der Waals surface area (Å²) in [4.78, 5) is 12.1. The molecule has 0 atom stereocenters. The van der Waals surface area contributed by atoms with E-state index in [-0.39, 0.29) is 18.9 Å². The second-order valence-electron chi connectivity index (χ2n) is 6.66. The van der Waals surface area contributed by atoms with Crippen LogP contribution in [0.1, 0.15) is 16.7 Å². The summed E-state index contributed by atoms with van der Waals surface area (Å²) in [6.07, 6.45) is 1.77. The lowest BCUT2D eigenvalue weighted by Crippen LogP contribution is -2.19. The number of halogens is 4. The van der Waals surface area contributed by atoms with E-state index < -0.39 is 0 Å². The van der Waals surface area contributed by atoms with Crippen LogP contribution in [0.3, 0.4) is 0 Å². The zero-order chi connectivity index (χ0) is 23.1. The third kappa shape index (κ3) is 6.97. The van der Waals surface area contributed by atoms with Crippen molar-refractivity contribution in [2.75, 3.05) is 7.11 Å². The number of carbonyl (C=O) groups excluding carboxylic acids is 1. The van der Waals surface area contributed by atoms with Crippen molar-refractivity contribution < 1.29 is 14.3 Å². The summed E-state index contributed by atoms with van der Waals surface area (Å²) >= 11 is 19.2. The van der Waals surface area contributed by atoms with Gasteiger partial charge >= 0.3 is 0 Å². The lowest BCUT2D eigenvalue weighted by molar-refractivity contribution is -0.120. The van der Waals surface area contributed by atoms with E-state index in [1.54, 1.807) is 25.5 Å². The zero-order valence-corrected chi connectivity index (χ0v) is 21.6. The van der Waals surface area contributed by atoms with E-state index in [0.29, 0.717) is 15.8 Å². The minimum Gasteiger partial charge on any atom is -0.497 e. The van der Waals surface area contributed by atoms with E-state index >= 15 is 0 Å². The number of hydrazone groups is 1. The molecule has 166 valence electrons. The molecule has 32 heavy (non-hydrogen) atoms. The molecule has 5 nitrogen and oxygen atoms in total. The Kier molecular flexibility index (Phi) is 8.99. The molecule has 0 aliphatic rings. The monoisotopic (exact) mass is 598 g/mol. The third-order valence-electron chi connectivity index (χ3n) is 4.33. The van der Waals surface area contributed by atoms with Gasteiger partial charge < -0.3 is 9.47 Å². The maximum absolute atomic E-state index is 12.1. The Morgan fingerprint density at radius 1 is 1.06 bits per heavy atom. The quantitative estimate of drug-likeness (QED) is 0.229. The second kappa shape index (κ2) is 11.7. The van der Waals surface area contributed by atoms with Crippen LogP contribution < -0.4 is 14.9 Å². The molecular weight excluding hydrogens is 583 g/mol. The third-order valence-corrected chi connectivity index (χ3v) is 6.10. The lowest BCUT2D eigenvalue weighted by Gasteiger charge is -2.12. The van der Waals surface area contributed by atoms with E-state index in [1.807, 2.05) is 42.5 Å². The Bertz CT molecular complexity index is 1120. The fourth-order valence-electron chi connectivity index (χ4n) is 2.73. The van der Waals surface area contributed by atoms with E-state index in [0.717, 1.165) is 31.4 Å². The molecule has 1 N–H and O–H groups in total. The van der Waals surface area contributed by atoms with Crippen molar-refractivity contribution in [2.45, 2.75) is 13.0 Å². The van der Waals surface area contributed by atoms with Crippen molar-refractivity contribution in [3.63, 3.8) is 0 Å². The minimum absolute atomic E-state index is 0.217. The number of carbonyl (C=O) groups is 1. The Morgan fingerprint density at radius 2 is 1.75 bits per heavy atom. The van der Waals surface area contributed by atoms with Gasteiger partial charge in [-0.2, -0.15) is 5.10 Å². The molecule has 0 bridgehead atoms. The summed E-state index contributed by atoms with van der Waals surface area (Å²) in [6.45, 7) is 0.280. The minimum atomic E-state index is -0.218. The van der Waals surface area contributed by atoms with Crippen LogP contribution in [0.5, 0.6) is 11.5 Å². The van der Waals surface area contributed by atoms with Gasteiger partial charge in [0.1, 0.15) is 18.1 Å². The Labute approximate surface area is 213 Å². The van der Waals surface area contributed by atoms with E-state index in [4.69, 9.17) is 32.7 Å². The van der Waals surface area contributed by atoms with Gasteiger partial charge in [0.05, 0.1) is 28.7 Å². The number of benzene rings is 3. The topological polar surface area (TPSA) is 59.9 Å². The van der Waals surface area contributed by atoms with Crippen LogP contribution in [0, 0.1) is 0 Å². The van der Waals surface area contributed by atoms with Gasteiger partial charge in [-0.15, -0.1) is 0 Å². The first-order chi connectivity index (χ1) is 15.4. The number of nitrogens with one attached hydrogen (secondary N) is 1. The molecule has 0 unspecified atom stereocenters. The van der Waals surface area contributed by atoms with E-state index in [2.05, 4.69) is 42.4 Å². The molecule has 0 aliphatic carbocycles. The first-order valence-corrected chi connectivity index (χ1v) is 11.7. The maximum atomic E-state index is 12.1. The maximum Gasteiger partial charge on any atom is 0.244 e. The first-order valence-electron chi connectivity index (χ1n) is 9.36. The molecule has 0 aliphatic heterocycles. The number of ether oxygens (including phenoxy) is 2. The fraction of sp³-hybridized carbons (Fsp3) is 0.130. The van der Waals surface area contributed by atoms with Crippen molar-refractivity contribution in [1.82, 2.24) is 5.43 Å². The van der Waals surface area contributed by atoms with Crippen molar-refractivity contribution in [1.29, 1.82) is 0 Å². The number of hydrogen-bond donors (Lipinski definition) is 1. The molecular formula is C23H18Br2Cl2N2O3. The highest BCUT2D eigenvalue weighted by Gasteiger charge is 2.11. The summed E-state index contributed by atoms with van der Waals surface area (Å²) in [5.41, 5.74) is 4.99. The van der Waals surface area contributed by atoms with Crippen LogP contribution in [0.2, 0.25) is 10.0 Å². The van der Waals surface area contributed by atoms with Gasteiger partial charge in [0, 0.05) is 15.6 Å². The highest BCUT2D eigenvalue weighted by molar-refractivity contribution is 9.11. The van der Waals surface area contributed by atoms with Gasteiger partial charge in [0.25, 0.3) is 0 Å². The Hall–Kier alpha value is -2.06. The van der Waals surface area contributed by atoms with Crippen LogP contribution in [-0.4, -0.2) is 19.2 Å². The largest absolute Gasteiger partial charge is 0.497 e. The predicted molar refractivity (Wildman–Crippen MR) is 135 cm³/mol. The van der Waals surface area contributed by atoms with Gasteiger partial charge in [0.2, 0.25) is 5.91 Å². The van der Waals surface area contributed by atoms with Gasteiger partial charge in [-0.1, -0.05) is 41.4 Å². The van der Waals surface area contributed by atoms with Crippen LogP contribution in [-0.2, 0) is 17.8 Å². The molecule has 0 heterocycles. The highest BCUT2D eigenvalue weighted by atomic mass is 79.9. The van der Waals surface area contributed by atoms with Crippen LogP contribution in [0.15, 0.2) is 68.6 Å². The molecule has 9 heteroatoms. The molecule has 0 saturated carbocycles. The second-order valence-corrected chi connectivity index (χ2v) is 9.21. The summed E-state index contributed by atoms with van der Waals surface area (Å²) in [5.74, 6) is 1.15. The fourth-order valence-corrected chi connectivity index (χ4v) is 4.64. The van der Waals surface area contributed by atoms with E-state index in [1.165, 1.54) is 0 Å². The molecule has 0 radical (unpaired) electrons. The summed E-state index contributed by atoms with van der Waals surface area (Å²) in [5, 5.41) is 5.15. The average molecular weight is 601 g/mol. The molecule has 1 amide bonds. The van der Waals surface area contributed by atoms with Crippen molar-refractivity contribution >= 4 is 67.2 Å². The molecule has 3 aromatic carbocycles. The zero-order valence-electron chi connectivity index (χ0n) is 16.9. The highest BCUT2D eigenvalue weighted by Crippen LogP contribution is 2.35. The number of nitrogens with zero attached hydrogens (tertiary/aromatic N) is 1. The number of rotatable bonds is 8. The number of hydrogen-bond acceptors (Lipinski definition) is 4. The average Bonchev–Trinajstić information content (AvgIpc) is 2.75. The molecule has 3 rings (SSSR count). The lowest BCUT2D eigenvalue weighted by atomic mass is 10.1. The Balaban J connectivity index is 1.58. The van der Waals surface area contributed by atoms with Crippen molar-refractivity contribution in [3.8, 4) is 11.5 Å². The van der Waals surface area contributed by atoms with Crippen molar-refractivity contribution in [3.05, 3.63) is 90.3 Å².